The van der Waals surface area contributed by atoms with E-state index in [0.29, 0.717) is 31.9 Å². The van der Waals surface area contributed by atoms with Crippen LogP contribution in [0.25, 0.3) is 10.8 Å². The molecule has 0 heterocycles. The van der Waals surface area contributed by atoms with Crippen molar-refractivity contribution in [2.45, 2.75) is 13.0 Å². The first-order valence-corrected chi connectivity index (χ1v) is 9.97. The van der Waals surface area contributed by atoms with Gasteiger partial charge in [0.1, 0.15) is 12.4 Å². The van der Waals surface area contributed by atoms with Gasteiger partial charge in [-0.25, -0.2) is 5.43 Å². The van der Waals surface area contributed by atoms with E-state index < -0.39 is 11.8 Å². The average Bonchev–Trinajstić information content (AvgIpc) is 2.80. The first kappa shape index (κ1) is 22.0. The molecule has 0 unspecified atom stereocenters. The van der Waals surface area contributed by atoms with Crippen molar-refractivity contribution in [3.8, 4) is 5.75 Å². The summed E-state index contributed by atoms with van der Waals surface area (Å²) in [5, 5.41) is 8.66. The molecule has 0 aliphatic heterocycles. The summed E-state index contributed by atoms with van der Waals surface area (Å²) in [6.07, 6.45) is 2.09. The van der Waals surface area contributed by atoms with Crippen LogP contribution in [0.15, 0.2) is 71.8 Å². The number of methoxy groups -OCH3 is 1. The predicted octanol–water partition coefficient (Wildman–Crippen LogP) is 3.02. The molecule has 0 aliphatic rings. The minimum absolute atomic E-state index is 0.361. The minimum Gasteiger partial charge on any atom is -0.489 e. The number of hydrazone groups is 1. The molecular formula is C24H25N3O4. The largest absolute Gasteiger partial charge is 0.489 e. The van der Waals surface area contributed by atoms with Gasteiger partial charge in [-0.15, -0.1) is 0 Å². The minimum atomic E-state index is -0.822. The van der Waals surface area contributed by atoms with Crippen molar-refractivity contribution in [3.63, 3.8) is 0 Å². The fourth-order valence-corrected chi connectivity index (χ4v) is 2.98. The van der Waals surface area contributed by atoms with Crippen LogP contribution in [0, 0.1) is 0 Å². The molecule has 3 rings (SSSR count). The van der Waals surface area contributed by atoms with E-state index in [1.807, 2.05) is 48.5 Å². The zero-order chi connectivity index (χ0) is 21.9. The Morgan fingerprint density at radius 1 is 1.00 bits per heavy atom. The van der Waals surface area contributed by atoms with E-state index in [0.717, 1.165) is 16.5 Å². The van der Waals surface area contributed by atoms with Crippen molar-refractivity contribution < 1.29 is 19.1 Å². The Balaban J connectivity index is 1.53. The normalized spacial score (nSPS) is 10.9. The van der Waals surface area contributed by atoms with Crippen LogP contribution < -0.4 is 15.5 Å². The van der Waals surface area contributed by atoms with Crippen molar-refractivity contribution in [3.05, 3.63) is 77.9 Å². The molecule has 7 heteroatoms. The van der Waals surface area contributed by atoms with Crippen molar-refractivity contribution in [1.82, 2.24) is 10.7 Å². The molecule has 7 nitrogen and oxygen atoms in total. The second kappa shape index (κ2) is 11.5. The summed E-state index contributed by atoms with van der Waals surface area (Å²) >= 11 is 0. The first-order valence-electron chi connectivity index (χ1n) is 9.97. The Bertz CT molecular complexity index is 1060. The van der Waals surface area contributed by atoms with Crippen molar-refractivity contribution in [1.29, 1.82) is 0 Å². The van der Waals surface area contributed by atoms with E-state index in [2.05, 4.69) is 34.0 Å². The van der Waals surface area contributed by atoms with E-state index in [9.17, 15) is 9.59 Å². The summed E-state index contributed by atoms with van der Waals surface area (Å²) in [5.74, 6) is -0.878. The molecule has 31 heavy (non-hydrogen) atoms. The van der Waals surface area contributed by atoms with Crippen LogP contribution in [-0.4, -0.2) is 38.3 Å². The monoisotopic (exact) mass is 419 g/mol. The smallest absolute Gasteiger partial charge is 0.329 e. The lowest BCUT2D eigenvalue weighted by Gasteiger charge is -2.09. The summed E-state index contributed by atoms with van der Waals surface area (Å²) in [4.78, 5) is 23.4. The van der Waals surface area contributed by atoms with E-state index in [4.69, 9.17) is 9.47 Å². The number of carbonyl (C=O) groups excluding carboxylic acids is 2. The van der Waals surface area contributed by atoms with E-state index >= 15 is 0 Å². The maximum atomic E-state index is 11.7. The SMILES string of the molecule is COCCCNC(=O)C(=O)N/N=C\c1cccc(OCc2cccc3ccccc23)c1. The molecule has 0 saturated heterocycles. The number of fused-ring (bicyclic) bond motifs is 1. The Labute approximate surface area is 181 Å². The zero-order valence-corrected chi connectivity index (χ0v) is 17.3. The van der Waals surface area contributed by atoms with E-state index in [-0.39, 0.29) is 0 Å². The van der Waals surface area contributed by atoms with Crippen LogP contribution in [0.4, 0.5) is 0 Å². The summed E-state index contributed by atoms with van der Waals surface area (Å²) in [7, 11) is 1.58. The first-order chi connectivity index (χ1) is 15.2. The molecule has 0 saturated carbocycles. The predicted molar refractivity (Wildman–Crippen MR) is 120 cm³/mol. The van der Waals surface area contributed by atoms with Gasteiger partial charge in [-0.3, -0.25) is 9.59 Å². The van der Waals surface area contributed by atoms with Gasteiger partial charge < -0.3 is 14.8 Å². The highest BCUT2D eigenvalue weighted by atomic mass is 16.5. The van der Waals surface area contributed by atoms with E-state index in [1.165, 1.54) is 11.6 Å². The highest BCUT2D eigenvalue weighted by Crippen LogP contribution is 2.21. The van der Waals surface area contributed by atoms with Crippen LogP contribution in [0.5, 0.6) is 5.75 Å². The van der Waals surface area contributed by atoms with Crippen LogP contribution in [0.1, 0.15) is 17.5 Å². The number of benzene rings is 3. The van der Waals surface area contributed by atoms with Crippen molar-refractivity contribution in [2.24, 2.45) is 5.10 Å². The lowest BCUT2D eigenvalue weighted by Crippen LogP contribution is -2.38. The molecule has 160 valence electrons. The number of carbonyl (C=O) groups is 2. The highest BCUT2D eigenvalue weighted by molar-refractivity contribution is 6.35. The quantitative estimate of drug-likeness (QED) is 0.242. The number of ether oxygens (including phenoxy) is 2. The van der Waals surface area contributed by atoms with Gasteiger partial charge in [0.25, 0.3) is 0 Å². The van der Waals surface area contributed by atoms with Gasteiger partial charge in [0.2, 0.25) is 0 Å². The molecule has 0 fully saturated rings. The molecule has 2 amide bonds. The van der Waals surface area contributed by atoms with Crippen LogP contribution in [0.2, 0.25) is 0 Å². The fourth-order valence-electron chi connectivity index (χ4n) is 2.98. The number of nitrogens with one attached hydrogen (secondary N) is 2. The Kier molecular flexibility index (Phi) is 8.13. The lowest BCUT2D eigenvalue weighted by molar-refractivity contribution is -0.139. The Morgan fingerprint density at radius 3 is 2.68 bits per heavy atom. The van der Waals surface area contributed by atoms with Crippen molar-refractivity contribution in [2.75, 3.05) is 20.3 Å². The molecule has 0 radical (unpaired) electrons. The van der Waals surface area contributed by atoms with Gasteiger partial charge in [-0.1, -0.05) is 54.6 Å². The number of hydrogen-bond acceptors (Lipinski definition) is 5. The van der Waals surface area contributed by atoms with Gasteiger partial charge in [-0.2, -0.15) is 5.10 Å². The number of hydrogen-bond donors (Lipinski definition) is 2. The molecule has 0 atom stereocenters. The van der Waals surface area contributed by atoms with Gasteiger partial charge in [-0.05, 0) is 40.5 Å². The van der Waals surface area contributed by atoms with Crippen LogP contribution in [0.3, 0.4) is 0 Å². The maximum absolute atomic E-state index is 11.7. The number of nitrogens with zero attached hydrogens (tertiary/aromatic N) is 1. The molecular weight excluding hydrogens is 394 g/mol. The average molecular weight is 419 g/mol. The summed E-state index contributed by atoms with van der Waals surface area (Å²) in [5.41, 5.74) is 4.05. The number of rotatable bonds is 9. The summed E-state index contributed by atoms with van der Waals surface area (Å²) in [6.45, 7) is 1.31. The fraction of sp³-hybridized carbons (Fsp3) is 0.208. The second-order valence-electron chi connectivity index (χ2n) is 6.80. The molecule has 0 bridgehead atoms. The van der Waals surface area contributed by atoms with Crippen LogP contribution in [-0.2, 0) is 20.9 Å². The second-order valence-corrected chi connectivity index (χ2v) is 6.80. The van der Waals surface area contributed by atoms with E-state index in [1.54, 1.807) is 7.11 Å². The van der Waals surface area contributed by atoms with Crippen molar-refractivity contribution >= 4 is 28.8 Å². The summed E-state index contributed by atoms with van der Waals surface area (Å²) < 4.78 is 10.8. The van der Waals surface area contributed by atoms with Gasteiger partial charge in [0.15, 0.2) is 0 Å². The number of amides is 2. The van der Waals surface area contributed by atoms with Gasteiger partial charge in [0, 0.05) is 20.3 Å². The zero-order valence-electron chi connectivity index (χ0n) is 17.3. The standard InChI is InChI=1S/C24H25N3O4/c1-30-14-6-13-25-23(28)24(29)27-26-16-18-7-4-11-21(15-18)31-17-20-10-5-9-19-8-2-3-12-22(19)20/h2-5,7-12,15-16H,6,13-14,17H2,1H3,(H,25,28)(H,27,29)/b26-16-. The molecule has 0 aliphatic carbocycles. The molecule has 0 aromatic heterocycles. The Hall–Kier alpha value is -3.71. The lowest BCUT2D eigenvalue weighted by atomic mass is 10.1. The molecule has 2 N–H and O–H groups in total. The third-order valence-electron chi connectivity index (χ3n) is 4.53. The molecule has 0 spiro atoms. The highest BCUT2D eigenvalue weighted by Gasteiger charge is 2.11. The third kappa shape index (κ3) is 6.65. The van der Waals surface area contributed by atoms with Gasteiger partial charge >= 0.3 is 11.8 Å². The Morgan fingerprint density at radius 2 is 1.81 bits per heavy atom. The molecule has 3 aromatic carbocycles. The third-order valence-corrected chi connectivity index (χ3v) is 4.53. The molecule has 3 aromatic rings. The maximum Gasteiger partial charge on any atom is 0.329 e. The van der Waals surface area contributed by atoms with Crippen LogP contribution >= 0.6 is 0 Å². The van der Waals surface area contributed by atoms with Gasteiger partial charge in [0.05, 0.1) is 6.21 Å². The topological polar surface area (TPSA) is 89.0 Å². The summed E-state index contributed by atoms with van der Waals surface area (Å²) in [6, 6.07) is 21.6.